The third kappa shape index (κ3) is 5.64. The van der Waals surface area contributed by atoms with Crippen molar-refractivity contribution in [3.8, 4) is 0 Å². The second kappa shape index (κ2) is 8.92. The third-order valence-corrected chi connectivity index (χ3v) is 6.33. The highest BCUT2D eigenvalue weighted by molar-refractivity contribution is 7.09. The van der Waals surface area contributed by atoms with Gasteiger partial charge >= 0.3 is 0 Å². The minimum atomic E-state index is -0.535. The Balaban J connectivity index is 1.27. The Kier molecular flexibility index (Phi) is 6.30. The quantitative estimate of drug-likeness (QED) is 0.507. The summed E-state index contributed by atoms with van der Waals surface area (Å²) in [6, 6.07) is 15.1. The van der Waals surface area contributed by atoms with E-state index < -0.39 is 6.10 Å². The minimum Gasteiger partial charge on any atom is -0.389 e. The number of nitrogens with one attached hydrogen (secondary N) is 1. The van der Waals surface area contributed by atoms with Gasteiger partial charge in [0.1, 0.15) is 11.1 Å². The van der Waals surface area contributed by atoms with Crippen LogP contribution in [-0.4, -0.2) is 34.9 Å². The standard InChI is InChI=1S/C24H30N2O2S/c1-24(2,14-17-7-8-18-5-3-4-6-20(18)13-17)26-15-21(27)16-28-22(19-9-10-19)23-25-11-12-29-23/h3-8,11-13,19,21-22,26-27H,9-10,14-16H2,1-2H3/t21-,22?/m1/s1. The van der Waals surface area contributed by atoms with E-state index in [2.05, 4.69) is 66.6 Å². The molecule has 1 aromatic heterocycles. The number of nitrogens with zero attached hydrogens (tertiary/aromatic N) is 1. The van der Waals surface area contributed by atoms with Crippen molar-refractivity contribution in [1.82, 2.24) is 10.3 Å². The SMILES string of the molecule is CC(C)(Cc1ccc2ccccc2c1)NC[C@@H](O)COC(c1nccs1)C1CC1. The fraction of sp³-hybridized carbons (Fsp3) is 0.458. The molecule has 154 valence electrons. The fourth-order valence-corrected chi connectivity index (χ4v) is 4.55. The van der Waals surface area contributed by atoms with Crippen molar-refractivity contribution in [2.45, 2.75) is 50.9 Å². The first kappa shape index (κ1) is 20.5. The zero-order valence-corrected chi connectivity index (χ0v) is 18.0. The summed E-state index contributed by atoms with van der Waals surface area (Å²) < 4.78 is 6.06. The summed E-state index contributed by atoms with van der Waals surface area (Å²) in [4.78, 5) is 4.41. The van der Waals surface area contributed by atoms with Crippen LogP contribution in [0.3, 0.4) is 0 Å². The second-order valence-electron chi connectivity index (χ2n) is 8.74. The van der Waals surface area contributed by atoms with Crippen LogP contribution in [0.1, 0.15) is 43.4 Å². The molecule has 2 N–H and O–H groups in total. The van der Waals surface area contributed by atoms with Crippen molar-refractivity contribution in [2.24, 2.45) is 5.92 Å². The van der Waals surface area contributed by atoms with Gasteiger partial charge in [-0.15, -0.1) is 11.3 Å². The summed E-state index contributed by atoms with van der Waals surface area (Å²) in [5, 5.41) is 19.5. The number of ether oxygens (including phenoxy) is 1. The van der Waals surface area contributed by atoms with Crippen molar-refractivity contribution >= 4 is 22.1 Å². The molecule has 4 rings (SSSR count). The molecule has 1 fully saturated rings. The predicted octanol–water partition coefficient (Wildman–Crippen LogP) is 4.74. The highest BCUT2D eigenvalue weighted by Crippen LogP contribution is 2.43. The zero-order valence-electron chi connectivity index (χ0n) is 17.2. The normalized spacial score (nSPS) is 16.8. The minimum absolute atomic E-state index is 0.0373. The molecule has 3 aromatic rings. The van der Waals surface area contributed by atoms with Crippen LogP contribution in [0.25, 0.3) is 10.8 Å². The number of hydrogen-bond donors (Lipinski definition) is 2. The lowest BCUT2D eigenvalue weighted by atomic mass is 9.93. The molecular weight excluding hydrogens is 380 g/mol. The molecule has 5 heteroatoms. The van der Waals surface area contributed by atoms with Crippen LogP contribution in [0.2, 0.25) is 0 Å². The molecule has 1 heterocycles. The summed E-state index contributed by atoms with van der Waals surface area (Å²) >= 11 is 1.64. The first-order chi connectivity index (χ1) is 14.0. The van der Waals surface area contributed by atoms with Crippen LogP contribution < -0.4 is 5.32 Å². The molecule has 29 heavy (non-hydrogen) atoms. The van der Waals surface area contributed by atoms with E-state index in [4.69, 9.17) is 4.74 Å². The molecule has 4 nitrogen and oxygen atoms in total. The third-order valence-electron chi connectivity index (χ3n) is 5.49. The van der Waals surface area contributed by atoms with E-state index in [1.165, 1.54) is 29.2 Å². The molecule has 1 aliphatic carbocycles. The van der Waals surface area contributed by atoms with Crippen molar-refractivity contribution in [3.63, 3.8) is 0 Å². The number of rotatable bonds is 10. The number of aliphatic hydroxyl groups is 1. The van der Waals surface area contributed by atoms with Gasteiger partial charge in [-0.3, -0.25) is 0 Å². The van der Waals surface area contributed by atoms with E-state index >= 15 is 0 Å². The summed E-state index contributed by atoms with van der Waals surface area (Å²) in [6.45, 7) is 5.20. The molecule has 2 aromatic carbocycles. The Labute approximate surface area is 176 Å². The van der Waals surface area contributed by atoms with Gasteiger partial charge in [0.25, 0.3) is 0 Å². The van der Waals surface area contributed by atoms with E-state index in [-0.39, 0.29) is 11.6 Å². The maximum absolute atomic E-state index is 10.5. The maximum Gasteiger partial charge on any atom is 0.122 e. The van der Waals surface area contributed by atoms with Gasteiger partial charge in [0.05, 0.1) is 12.7 Å². The highest BCUT2D eigenvalue weighted by Gasteiger charge is 2.35. The van der Waals surface area contributed by atoms with Gasteiger partial charge in [-0.1, -0.05) is 42.5 Å². The number of benzene rings is 2. The topological polar surface area (TPSA) is 54.4 Å². The molecule has 0 amide bonds. The van der Waals surface area contributed by atoms with E-state index in [9.17, 15) is 5.11 Å². The van der Waals surface area contributed by atoms with Crippen LogP contribution in [0, 0.1) is 5.92 Å². The summed E-state index contributed by atoms with van der Waals surface area (Å²) in [5.74, 6) is 0.561. The Morgan fingerprint density at radius 1 is 1.21 bits per heavy atom. The number of fused-ring (bicyclic) bond motifs is 1. The van der Waals surface area contributed by atoms with Crippen LogP contribution >= 0.6 is 11.3 Å². The first-order valence-corrected chi connectivity index (χ1v) is 11.3. The highest BCUT2D eigenvalue weighted by atomic mass is 32.1. The van der Waals surface area contributed by atoms with E-state index in [1.807, 2.05) is 11.6 Å². The number of aromatic nitrogens is 1. The van der Waals surface area contributed by atoms with Crippen molar-refractivity contribution in [3.05, 3.63) is 64.6 Å². The van der Waals surface area contributed by atoms with Crippen molar-refractivity contribution in [2.75, 3.05) is 13.2 Å². The van der Waals surface area contributed by atoms with Crippen molar-refractivity contribution in [1.29, 1.82) is 0 Å². The average molecular weight is 411 g/mol. The van der Waals surface area contributed by atoms with Gasteiger partial charge in [0, 0.05) is 23.7 Å². The van der Waals surface area contributed by atoms with Crippen molar-refractivity contribution < 1.29 is 9.84 Å². The molecule has 0 bridgehead atoms. The molecule has 1 saturated carbocycles. The molecule has 2 atom stereocenters. The molecule has 0 radical (unpaired) electrons. The zero-order chi connectivity index (χ0) is 20.3. The molecule has 0 spiro atoms. The van der Waals surface area contributed by atoms with Gasteiger partial charge < -0.3 is 15.2 Å². The smallest absolute Gasteiger partial charge is 0.122 e. The van der Waals surface area contributed by atoms with Crippen LogP contribution in [0.5, 0.6) is 0 Å². The van der Waals surface area contributed by atoms with Gasteiger partial charge in [-0.25, -0.2) is 4.98 Å². The number of hydrogen-bond acceptors (Lipinski definition) is 5. The maximum atomic E-state index is 10.5. The summed E-state index contributed by atoms with van der Waals surface area (Å²) in [7, 11) is 0. The molecule has 1 aliphatic rings. The van der Waals surface area contributed by atoms with Gasteiger partial charge in [0.2, 0.25) is 0 Å². The second-order valence-corrected chi connectivity index (χ2v) is 9.66. The van der Waals surface area contributed by atoms with Gasteiger partial charge in [-0.05, 0) is 55.4 Å². The van der Waals surface area contributed by atoms with Gasteiger partial charge in [-0.2, -0.15) is 0 Å². The fourth-order valence-electron chi connectivity index (χ4n) is 3.77. The Morgan fingerprint density at radius 3 is 2.72 bits per heavy atom. The Hall–Kier alpha value is -1.79. The number of thiazole rings is 1. The average Bonchev–Trinajstić information content (AvgIpc) is 3.40. The lowest BCUT2D eigenvalue weighted by molar-refractivity contribution is -0.0212. The lowest BCUT2D eigenvalue weighted by Gasteiger charge is -2.28. The first-order valence-electron chi connectivity index (χ1n) is 10.4. The summed E-state index contributed by atoms with van der Waals surface area (Å²) in [6.07, 6.45) is 4.61. The van der Waals surface area contributed by atoms with Gasteiger partial charge in [0.15, 0.2) is 0 Å². The van der Waals surface area contributed by atoms with E-state index in [0.717, 1.165) is 11.4 Å². The monoisotopic (exact) mass is 410 g/mol. The number of aliphatic hydroxyl groups excluding tert-OH is 1. The molecule has 0 saturated heterocycles. The number of β-amino-alcohol motifs (C(OH)–C–C–N with tert-alkyl or cyclic N) is 1. The Bertz CT molecular complexity index is 922. The largest absolute Gasteiger partial charge is 0.389 e. The van der Waals surface area contributed by atoms with Crippen LogP contribution in [-0.2, 0) is 11.2 Å². The van der Waals surface area contributed by atoms with Crippen LogP contribution in [0.15, 0.2) is 54.0 Å². The predicted molar refractivity (Wildman–Crippen MR) is 119 cm³/mol. The molecule has 0 aliphatic heterocycles. The van der Waals surface area contributed by atoms with E-state index in [0.29, 0.717) is 19.1 Å². The summed E-state index contributed by atoms with van der Waals surface area (Å²) in [5.41, 5.74) is 1.18. The molecule has 1 unspecified atom stereocenters. The van der Waals surface area contributed by atoms with E-state index in [1.54, 1.807) is 11.3 Å². The lowest BCUT2D eigenvalue weighted by Crippen LogP contribution is -2.46. The molecular formula is C24H30N2O2S. The Morgan fingerprint density at radius 2 is 2.00 bits per heavy atom. The van der Waals surface area contributed by atoms with Crippen LogP contribution in [0.4, 0.5) is 0 Å².